The molecule has 0 amide bonds. The number of fused-ring (bicyclic) bond motifs is 1. The lowest BCUT2D eigenvalue weighted by molar-refractivity contribution is 0.410. The van der Waals surface area contributed by atoms with Crippen molar-refractivity contribution in [3.8, 4) is 5.75 Å². The van der Waals surface area contributed by atoms with Crippen molar-refractivity contribution in [1.82, 2.24) is 0 Å². The average Bonchev–Trinajstić information content (AvgIpc) is 2.36. The number of aryl methyl sites for hydroxylation is 1. The Morgan fingerprint density at radius 3 is 2.69 bits per heavy atom. The van der Waals surface area contributed by atoms with E-state index in [-0.39, 0.29) is 0 Å². The molecule has 0 fully saturated rings. The number of rotatable bonds is 3. The lowest BCUT2D eigenvalue weighted by Crippen LogP contribution is -1.95. The molecule has 2 rings (SSSR count). The number of hydrogen-bond donors (Lipinski definition) is 0. The molecule has 0 N–H and O–H groups in total. The molecule has 0 saturated carbocycles. The Morgan fingerprint density at radius 2 is 2.06 bits per heavy atom. The molecule has 0 aromatic heterocycles. The van der Waals surface area contributed by atoms with Crippen molar-refractivity contribution in [2.24, 2.45) is 0 Å². The third kappa shape index (κ3) is 1.58. The van der Waals surface area contributed by atoms with Crippen molar-refractivity contribution in [2.45, 2.75) is 13.3 Å². The van der Waals surface area contributed by atoms with Crippen molar-refractivity contribution in [1.29, 1.82) is 0 Å². The Hall–Kier alpha value is -1.76. The van der Waals surface area contributed by atoms with Gasteiger partial charge in [0.25, 0.3) is 0 Å². The molecule has 0 aliphatic heterocycles. The lowest BCUT2D eigenvalue weighted by Gasteiger charge is -2.13. The molecule has 82 valence electrons. The second-order valence-corrected chi connectivity index (χ2v) is 3.76. The van der Waals surface area contributed by atoms with Gasteiger partial charge in [0.05, 0.1) is 7.11 Å². The first-order valence-corrected chi connectivity index (χ1v) is 5.52. The van der Waals surface area contributed by atoms with Gasteiger partial charge in [-0.05, 0) is 23.3 Å². The van der Waals surface area contributed by atoms with Gasteiger partial charge in [0.2, 0.25) is 0 Å². The Labute approximate surface area is 96.4 Å². The van der Waals surface area contributed by atoms with Crippen LogP contribution in [0.2, 0.25) is 0 Å². The van der Waals surface area contributed by atoms with Gasteiger partial charge in [0, 0.05) is 11.1 Å². The van der Waals surface area contributed by atoms with Crippen LogP contribution in [0.5, 0.6) is 5.75 Å². The van der Waals surface area contributed by atoms with Crippen LogP contribution >= 0.6 is 0 Å². The smallest absolute Gasteiger partial charge is 0.129 e. The Balaban J connectivity index is 2.87. The number of benzene rings is 2. The Kier molecular flexibility index (Phi) is 2.95. The van der Waals surface area contributed by atoms with E-state index >= 15 is 0 Å². The van der Waals surface area contributed by atoms with Crippen LogP contribution in [0, 0.1) is 0 Å². The summed E-state index contributed by atoms with van der Waals surface area (Å²) in [7, 11) is 1.72. The van der Waals surface area contributed by atoms with E-state index in [4.69, 9.17) is 4.74 Å². The molecule has 0 heterocycles. The summed E-state index contributed by atoms with van der Waals surface area (Å²) >= 11 is 0. The van der Waals surface area contributed by atoms with E-state index in [1.165, 1.54) is 16.3 Å². The highest BCUT2D eigenvalue weighted by Gasteiger charge is 2.10. The second kappa shape index (κ2) is 4.40. The van der Waals surface area contributed by atoms with Crippen LogP contribution in [-0.4, -0.2) is 7.11 Å². The van der Waals surface area contributed by atoms with Crippen LogP contribution in [0.1, 0.15) is 18.1 Å². The van der Waals surface area contributed by atoms with Crippen LogP contribution in [-0.2, 0) is 6.42 Å². The van der Waals surface area contributed by atoms with E-state index < -0.39 is 0 Å². The van der Waals surface area contributed by atoms with E-state index in [1.807, 2.05) is 6.08 Å². The fraction of sp³-hybridized carbons (Fsp3) is 0.200. The zero-order valence-corrected chi connectivity index (χ0v) is 9.79. The molecule has 2 aromatic rings. The predicted octanol–water partition coefficient (Wildman–Crippen LogP) is 4.05. The van der Waals surface area contributed by atoms with Crippen LogP contribution in [0.3, 0.4) is 0 Å². The summed E-state index contributed by atoms with van der Waals surface area (Å²) in [6.07, 6.45) is 2.82. The zero-order valence-electron chi connectivity index (χ0n) is 9.79. The molecule has 0 radical (unpaired) electrons. The number of ether oxygens (including phenoxy) is 1. The van der Waals surface area contributed by atoms with Crippen LogP contribution in [0.4, 0.5) is 0 Å². The van der Waals surface area contributed by atoms with Crippen molar-refractivity contribution >= 4 is 16.8 Å². The number of methoxy groups -OCH3 is 1. The SMILES string of the molecule is C=Cc1cc2ccccc2c(CC)c1OC. The third-order valence-corrected chi connectivity index (χ3v) is 2.91. The molecule has 0 aliphatic rings. The lowest BCUT2D eigenvalue weighted by atomic mass is 9.97. The quantitative estimate of drug-likeness (QED) is 0.745. The first kappa shape index (κ1) is 10.7. The minimum atomic E-state index is 0.955. The summed E-state index contributed by atoms with van der Waals surface area (Å²) in [5.74, 6) is 0.955. The Morgan fingerprint density at radius 1 is 1.31 bits per heavy atom. The first-order chi connectivity index (χ1) is 7.81. The van der Waals surface area contributed by atoms with Gasteiger partial charge in [-0.15, -0.1) is 0 Å². The topological polar surface area (TPSA) is 9.23 Å². The van der Waals surface area contributed by atoms with Gasteiger partial charge in [-0.1, -0.05) is 43.8 Å². The maximum Gasteiger partial charge on any atom is 0.129 e. The molecule has 0 saturated heterocycles. The van der Waals surface area contributed by atoms with Gasteiger partial charge < -0.3 is 4.74 Å². The minimum Gasteiger partial charge on any atom is -0.496 e. The maximum absolute atomic E-state index is 5.50. The molecule has 0 unspecified atom stereocenters. The summed E-state index contributed by atoms with van der Waals surface area (Å²) in [4.78, 5) is 0. The van der Waals surface area contributed by atoms with Gasteiger partial charge in [-0.2, -0.15) is 0 Å². The highest BCUT2D eigenvalue weighted by atomic mass is 16.5. The van der Waals surface area contributed by atoms with Crippen molar-refractivity contribution in [2.75, 3.05) is 7.11 Å². The normalized spacial score (nSPS) is 10.4. The van der Waals surface area contributed by atoms with Gasteiger partial charge >= 0.3 is 0 Å². The molecular formula is C15H16O. The van der Waals surface area contributed by atoms with Crippen LogP contribution < -0.4 is 4.74 Å². The molecule has 0 spiro atoms. The van der Waals surface area contributed by atoms with Crippen molar-refractivity contribution in [3.63, 3.8) is 0 Å². The van der Waals surface area contributed by atoms with E-state index in [2.05, 4.69) is 43.8 Å². The monoisotopic (exact) mass is 212 g/mol. The molecule has 0 aliphatic carbocycles. The third-order valence-electron chi connectivity index (χ3n) is 2.91. The predicted molar refractivity (Wildman–Crippen MR) is 70.0 cm³/mol. The van der Waals surface area contributed by atoms with Crippen LogP contribution in [0.25, 0.3) is 16.8 Å². The molecule has 16 heavy (non-hydrogen) atoms. The molecule has 2 aromatic carbocycles. The van der Waals surface area contributed by atoms with E-state index in [0.29, 0.717) is 0 Å². The summed E-state index contributed by atoms with van der Waals surface area (Å²) < 4.78 is 5.50. The first-order valence-electron chi connectivity index (χ1n) is 5.52. The van der Waals surface area contributed by atoms with Gasteiger partial charge in [0.1, 0.15) is 5.75 Å². The van der Waals surface area contributed by atoms with Gasteiger partial charge in [0.15, 0.2) is 0 Å². The number of hydrogen-bond acceptors (Lipinski definition) is 1. The Bertz CT molecular complexity index is 526. The maximum atomic E-state index is 5.50. The molecule has 1 heteroatoms. The van der Waals surface area contributed by atoms with E-state index in [0.717, 1.165) is 17.7 Å². The van der Waals surface area contributed by atoms with Crippen LogP contribution in [0.15, 0.2) is 36.9 Å². The molecule has 0 atom stereocenters. The highest BCUT2D eigenvalue weighted by molar-refractivity contribution is 5.90. The van der Waals surface area contributed by atoms with Crippen molar-refractivity contribution in [3.05, 3.63) is 48.0 Å². The summed E-state index contributed by atoms with van der Waals surface area (Å²) in [6.45, 7) is 5.99. The fourth-order valence-corrected chi connectivity index (χ4v) is 2.17. The van der Waals surface area contributed by atoms with E-state index in [9.17, 15) is 0 Å². The van der Waals surface area contributed by atoms with Gasteiger partial charge in [-0.25, -0.2) is 0 Å². The second-order valence-electron chi connectivity index (χ2n) is 3.76. The average molecular weight is 212 g/mol. The highest BCUT2D eigenvalue weighted by Crippen LogP contribution is 2.33. The largest absolute Gasteiger partial charge is 0.496 e. The van der Waals surface area contributed by atoms with Gasteiger partial charge in [-0.3, -0.25) is 0 Å². The minimum absolute atomic E-state index is 0.955. The van der Waals surface area contributed by atoms with Crippen molar-refractivity contribution < 1.29 is 4.74 Å². The summed E-state index contributed by atoms with van der Waals surface area (Å²) in [6, 6.07) is 10.5. The molecular weight excluding hydrogens is 196 g/mol. The molecule has 0 bridgehead atoms. The summed E-state index contributed by atoms with van der Waals surface area (Å²) in [5.41, 5.74) is 2.33. The fourth-order valence-electron chi connectivity index (χ4n) is 2.17. The summed E-state index contributed by atoms with van der Waals surface area (Å²) in [5, 5.41) is 2.52. The molecule has 1 nitrogen and oxygen atoms in total. The standard InChI is InChI=1S/C15H16O/c1-4-11-10-12-8-6-7-9-14(12)13(5-2)15(11)16-3/h4,6-10H,1,5H2,2-3H3. The van der Waals surface area contributed by atoms with E-state index in [1.54, 1.807) is 7.11 Å². The zero-order chi connectivity index (χ0) is 11.5.